The zero-order chi connectivity index (χ0) is 41.1. The smallest absolute Gasteiger partial charge is 0.407 e. The molecule has 6 atom stereocenters. The van der Waals surface area contributed by atoms with Crippen LogP contribution in [0.1, 0.15) is 76.6 Å². The number of aromatic amines is 2. The Morgan fingerprint density at radius 3 is 1.97 bits per heavy atom. The van der Waals surface area contributed by atoms with Crippen LogP contribution in [0.3, 0.4) is 0 Å². The summed E-state index contributed by atoms with van der Waals surface area (Å²) in [6, 6.07) is 16.7. The Morgan fingerprint density at radius 2 is 1.33 bits per heavy atom. The highest BCUT2D eigenvalue weighted by molar-refractivity contribution is 5.92. The lowest BCUT2D eigenvalue weighted by atomic mass is 9.97. The van der Waals surface area contributed by atoms with E-state index in [1.54, 1.807) is 18.0 Å². The molecule has 2 aliphatic rings. The van der Waals surface area contributed by atoms with E-state index < -0.39 is 30.4 Å². The molecule has 5 aromatic rings. The van der Waals surface area contributed by atoms with E-state index in [1.165, 1.54) is 21.3 Å². The minimum Gasteiger partial charge on any atom is -0.453 e. The van der Waals surface area contributed by atoms with Crippen molar-refractivity contribution in [3.05, 3.63) is 72.4 Å². The summed E-state index contributed by atoms with van der Waals surface area (Å²) in [7, 11) is 4.06. The van der Waals surface area contributed by atoms with Crippen molar-refractivity contribution in [2.45, 2.75) is 83.1 Å². The number of nitrogens with one attached hydrogen (secondary N) is 4. The molecule has 58 heavy (non-hydrogen) atoms. The minimum absolute atomic E-state index is 0.0613. The van der Waals surface area contributed by atoms with Gasteiger partial charge in [-0.2, -0.15) is 0 Å². The number of ether oxygens (including phenoxy) is 3. The van der Waals surface area contributed by atoms with Gasteiger partial charge in [-0.1, -0.05) is 50.6 Å². The summed E-state index contributed by atoms with van der Waals surface area (Å²) in [6.07, 6.45) is 3.83. The molecule has 306 valence electrons. The van der Waals surface area contributed by atoms with E-state index >= 15 is 0 Å². The number of carbonyl (C=O) groups is 4. The van der Waals surface area contributed by atoms with Gasteiger partial charge in [-0.05, 0) is 84.7 Å². The first-order valence-electron chi connectivity index (χ1n) is 19.9. The molecule has 3 aromatic carbocycles. The molecule has 2 aromatic heterocycles. The lowest BCUT2D eigenvalue weighted by molar-refractivity contribution is -0.137. The van der Waals surface area contributed by atoms with Gasteiger partial charge in [0.05, 0.1) is 55.3 Å². The predicted molar refractivity (Wildman–Crippen MR) is 219 cm³/mol. The maximum Gasteiger partial charge on any atom is 0.407 e. The number of H-pyrrole nitrogens is 2. The Labute approximate surface area is 337 Å². The molecule has 2 saturated heterocycles. The topological polar surface area (TPSA) is 184 Å². The van der Waals surface area contributed by atoms with Crippen molar-refractivity contribution < 1.29 is 33.4 Å². The maximum atomic E-state index is 13.8. The summed E-state index contributed by atoms with van der Waals surface area (Å²) in [6.45, 7) is 6.83. The van der Waals surface area contributed by atoms with Gasteiger partial charge in [-0.3, -0.25) is 9.59 Å². The molecule has 2 fully saturated rings. The molecule has 0 spiro atoms. The maximum absolute atomic E-state index is 13.8. The molecule has 4 N–H and O–H groups in total. The molecule has 0 saturated carbocycles. The van der Waals surface area contributed by atoms with E-state index in [1.807, 2.05) is 24.8 Å². The molecule has 0 radical (unpaired) electrons. The highest BCUT2D eigenvalue weighted by Gasteiger charge is 2.40. The van der Waals surface area contributed by atoms with Crippen LogP contribution in [0.25, 0.3) is 44.2 Å². The molecule has 15 nitrogen and oxygen atoms in total. The van der Waals surface area contributed by atoms with Crippen molar-refractivity contribution >= 4 is 45.8 Å². The van der Waals surface area contributed by atoms with Gasteiger partial charge in [0, 0.05) is 25.8 Å². The van der Waals surface area contributed by atoms with Crippen LogP contribution < -0.4 is 10.6 Å². The summed E-state index contributed by atoms with van der Waals surface area (Å²) in [5, 5.41) is 7.52. The quantitative estimate of drug-likeness (QED) is 0.108. The molecule has 2 aliphatic heterocycles. The molecule has 4 amide bonds. The Balaban J connectivity index is 1.07. The lowest BCUT2D eigenvalue weighted by Gasteiger charge is -2.30. The number of aromatic nitrogens is 4. The average molecular weight is 793 g/mol. The third-order valence-electron chi connectivity index (χ3n) is 11.8. The molecular weight excluding hydrogens is 741 g/mol. The van der Waals surface area contributed by atoms with Gasteiger partial charge in [0.25, 0.3) is 0 Å². The zero-order valence-electron chi connectivity index (χ0n) is 33.8. The van der Waals surface area contributed by atoms with Crippen molar-refractivity contribution in [1.82, 2.24) is 40.4 Å². The normalized spacial score (nSPS) is 18.9. The number of imidazole rings is 2. The largest absolute Gasteiger partial charge is 0.453 e. The zero-order valence-corrected chi connectivity index (χ0v) is 33.8. The van der Waals surface area contributed by atoms with Crippen LogP contribution in [0.4, 0.5) is 9.59 Å². The van der Waals surface area contributed by atoms with Crippen molar-refractivity contribution in [2.75, 3.05) is 34.4 Å². The minimum atomic E-state index is -0.900. The highest BCUT2D eigenvalue weighted by Crippen LogP contribution is 2.36. The van der Waals surface area contributed by atoms with Gasteiger partial charge in [-0.25, -0.2) is 19.6 Å². The molecule has 0 bridgehead atoms. The number of alkyl carbamates (subject to hydrolysis) is 2. The Kier molecular flexibility index (Phi) is 12.0. The Hall–Kier alpha value is -5.96. The lowest BCUT2D eigenvalue weighted by Crippen LogP contribution is -2.54. The van der Waals surface area contributed by atoms with E-state index in [9.17, 15) is 19.2 Å². The SMILES string of the molecule is CC[C@H](C)[C@H](NC(=O)OC)C(=O)N1CCC[C@H]1c1nc2ccc(-c3ccc4cc(-c5cnc([C@H]6CCCN6C(=O)[C@@H](NC(=O)OC)[C@@H](C)OC)[nH]5)ccc4c3)cc2[nH]1. The van der Waals surface area contributed by atoms with Crippen molar-refractivity contribution in [3.63, 3.8) is 0 Å². The second kappa shape index (κ2) is 17.3. The van der Waals surface area contributed by atoms with Crippen LogP contribution >= 0.6 is 0 Å². The number of hydrogen-bond acceptors (Lipinski definition) is 9. The van der Waals surface area contributed by atoms with Gasteiger partial charge in [0.15, 0.2) is 0 Å². The third kappa shape index (κ3) is 8.08. The summed E-state index contributed by atoms with van der Waals surface area (Å²) in [5.41, 5.74) is 5.60. The van der Waals surface area contributed by atoms with Gasteiger partial charge < -0.3 is 44.6 Å². The Bertz CT molecular complexity index is 2300. The second-order valence-corrected chi connectivity index (χ2v) is 15.2. The van der Waals surface area contributed by atoms with E-state index in [4.69, 9.17) is 24.2 Å². The summed E-state index contributed by atoms with van der Waals surface area (Å²) >= 11 is 0. The first kappa shape index (κ1) is 40.2. The van der Waals surface area contributed by atoms with Crippen LogP contribution in [0.2, 0.25) is 0 Å². The van der Waals surface area contributed by atoms with Crippen molar-refractivity contribution in [3.8, 4) is 22.4 Å². The van der Waals surface area contributed by atoms with Crippen molar-refractivity contribution in [2.24, 2.45) is 5.92 Å². The predicted octanol–water partition coefficient (Wildman–Crippen LogP) is 6.63. The fourth-order valence-corrected chi connectivity index (χ4v) is 8.17. The fraction of sp³-hybridized carbons (Fsp3) is 0.442. The third-order valence-corrected chi connectivity index (χ3v) is 11.8. The number of fused-ring (bicyclic) bond motifs is 2. The number of benzene rings is 3. The van der Waals surface area contributed by atoms with Crippen molar-refractivity contribution in [1.29, 1.82) is 0 Å². The molecule has 7 rings (SSSR count). The van der Waals surface area contributed by atoms with Crippen LogP contribution in [0.15, 0.2) is 60.8 Å². The molecule has 0 unspecified atom stereocenters. The van der Waals surface area contributed by atoms with E-state index in [-0.39, 0.29) is 29.8 Å². The number of carbonyl (C=O) groups excluding carboxylic acids is 4. The van der Waals surface area contributed by atoms with Crippen LogP contribution in [0.5, 0.6) is 0 Å². The van der Waals surface area contributed by atoms with Crippen LogP contribution in [0, 0.1) is 5.92 Å². The van der Waals surface area contributed by atoms with Crippen LogP contribution in [-0.4, -0.2) is 106 Å². The monoisotopic (exact) mass is 792 g/mol. The second-order valence-electron chi connectivity index (χ2n) is 15.2. The molecular formula is C43H52N8O7. The van der Waals surface area contributed by atoms with E-state index in [0.717, 1.165) is 82.1 Å². The number of nitrogens with zero attached hydrogens (tertiary/aromatic N) is 4. The summed E-state index contributed by atoms with van der Waals surface area (Å²) in [4.78, 5) is 71.8. The van der Waals surface area contributed by atoms with Crippen LogP contribution in [-0.2, 0) is 23.8 Å². The van der Waals surface area contributed by atoms with Gasteiger partial charge in [0.2, 0.25) is 11.8 Å². The molecule has 15 heteroatoms. The number of hydrogen-bond donors (Lipinski definition) is 4. The van der Waals surface area contributed by atoms with E-state index in [2.05, 4.69) is 69.1 Å². The number of rotatable bonds is 12. The summed E-state index contributed by atoms with van der Waals surface area (Å²) < 4.78 is 15.0. The molecule has 4 heterocycles. The first-order chi connectivity index (χ1) is 28.0. The van der Waals surface area contributed by atoms with Gasteiger partial charge >= 0.3 is 12.2 Å². The summed E-state index contributed by atoms with van der Waals surface area (Å²) in [5.74, 6) is 0.991. The standard InChI is InChI=1S/C43H52N8O7/c1-7-24(2)36(48-42(54)57-5)40(52)51-19-9-11-35(51)39-45-31-17-16-29(22-32(31)46-39)27-12-13-28-21-30(15-14-26(28)20-27)33-23-44-38(47-33)34-10-8-18-50(34)41(53)37(25(3)56-4)49-43(55)58-6/h12-17,20-25,34-37H,7-11,18-19H2,1-6H3,(H,44,47)(H,45,46)(H,48,54)(H,49,55)/t24-,25+,34+,35-,36-,37-/m0/s1. The number of methoxy groups -OCH3 is 3. The number of likely N-dealkylation sites (tertiary alicyclic amines) is 2. The highest BCUT2D eigenvalue weighted by atomic mass is 16.5. The average Bonchev–Trinajstić information content (AvgIpc) is 4.09. The van der Waals surface area contributed by atoms with E-state index in [0.29, 0.717) is 18.9 Å². The first-order valence-corrected chi connectivity index (χ1v) is 19.9. The van der Waals surface area contributed by atoms with Gasteiger partial charge in [-0.15, -0.1) is 0 Å². The molecule has 0 aliphatic carbocycles. The van der Waals surface area contributed by atoms with Gasteiger partial charge in [0.1, 0.15) is 23.7 Å². The number of amides is 4. The Morgan fingerprint density at radius 1 is 0.759 bits per heavy atom. The fourth-order valence-electron chi connectivity index (χ4n) is 8.17.